The molecule has 170 valence electrons. The molecular weight excluding hydrogens is 435 g/mol. The fourth-order valence-corrected chi connectivity index (χ4v) is 4.12. The Balaban J connectivity index is 1.50. The van der Waals surface area contributed by atoms with E-state index < -0.39 is 23.4 Å². The number of aryl methyl sites for hydroxylation is 1. The molecule has 0 spiro atoms. The number of carbonyl (C=O) groups is 1. The van der Waals surface area contributed by atoms with Crippen LogP contribution in [-0.4, -0.2) is 19.1 Å². The number of alkyl halides is 3. The van der Waals surface area contributed by atoms with Crippen molar-refractivity contribution in [2.75, 3.05) is 12.1 Å². The third-order valence-corrected chi connectivity index (χ3v) is 6.00. The summed E-state index contributed by atoms with van der Waals surface area (Å²) < 4.78 is 54.3. The van der Waals surface area contributed by atoms with Crippen LogP contribution in [0.3, 0.4) is 0 Å². The molecule has 33 heavy (non-hydrogen) atoms. The van der Waals surface area contributed by atoms with E-state index in [0.29, 0.717) is 35.5 Å². The van der Waals surface area contributed by atoms with Gasteiger partial charge < -0.3 is 19.5 Å². The van der Waals surface area contributed by atoms with E-state index in [9.17, 15) is 18.0 Å². The monoisotopic (exact) mass is 455 g/mol. The molecule has 3 aromatic carbocycles. The molecular formula is C25H20F3NO4. The average Bonchev–Trinajstić information content (AvgIpc) is 3.46. The van der Waals surface area contributed by atoms with Crippen LogP contribution < -0.4 is 19.5 Å². The van der Waals surface area contributed by atoms with E-state index in [1.807, 2.05) is 30.3 Å². The lowest BCUT2D eigenvalue weighted by Gasteiger charge is -2.20. The third-order valence-electron chi connectivity index (χ3n) is 6.00. The van der Waals surface area contributed by atoms with Gasteiger partial charge in [0.1, 0.15) is 0 Å². The minimum Gasteiger partial charge on any atom is -0.454 e. The van der Waals surface area contributed by atoms with Gasteiger partial charge in [-0.2, -0.15) is 0 Å². The Hall–Kier alpha value is -3.68. The van der Waals surface area contributed by atoms with Crippen LogP contribution in [0.2, 0.25) is 0 Å². The Morgan fingerprint density at radius 2 is 1.73 bits per heavy atom. The van der Waals surface area contributed by atoms with Crippen LogP contribution in [0.1, 0.15) is 24.0 Å². The van der Waals surface area contributed by atoms with Gasteiger partial charge in [-0.15, -0.1) is 13.2 Å². The molecule has 1 fully saturated rings. The van der Waals surface area contributed by atoms with Crippen molar-refractivity contribution in [3.05, 3.63) is 71.8 Å². The van der Waals surface area contributed by atoms with Crippen molar-refractivity contribution in [3.63, 3.8) is 0 Å². The van der Waals surface area contributed by atoms with Crippen LogP contribution >= 0.6 is 0 Å². The first-order valence-electron chi connectivity index (χ1n) is 10.4. The highest BCUT2D eigenvalue weighted by molar-refractivity contribution is 6.03. The number of hydrogen-bond acceptors (Lipinski definition) is 4. The van der Waals surface area contributed by atoms with Gasteiger partial charge in [0, 0.05) is 0 Å². The standard InChI is InChI=1S/C25H20F3NO4/c1-15-11-21(33-25(26,27)28)19(13-18(15)16-5-3-2-4-6-16)29-23(30)24(9-10-24)17-7-8-20-22(12-17)32-14-31-20/h2-8,11-13H,9-10,14H2,1H3,(H,29,30). The maximum Gasteiger partial charge on any atom is 0.573 e. The number of rotatable bonds is 5. The summed E-state index contributed by atoms with van der Waals surface area (Å²) in [6.45, 7) is 1.81. The van der Waals surface area contributed by atoms with Crippen molar-refractivity contribution in [2.45, 2.75) is 31.5 Å². The summed E-state index contributed by atoms with van der Waals surface area (Å²) in [5.41, 5.74) is 1.98. The predicted molar refractivity (Wildman–Crippen MR) is 115 cm³/mol. The lowest BCUT2D eigenvalue weighted by atomic mass is 9.94. The molecule has 0 atom stereocenters. The summed E-state index contributed by atoms with van der Waals surface area (Å²) in [6.07, 6.45) is -3.74. The molecule has 0 bridgehead atoms. The lowest BCUT2D eigenvalue weighted by Crippen LogP contribution is -2.28. The quantitative estimate of drug-likeness (QED) is 0.516. The smallest absolute Gasteiger partial charge is 0.454 e. The number of nitrogens with one attached hydrogen (secondary N) is 1. The molecule has 1 aliphatic heterocycles. The van der Waals surface area contributed by atoms with Crippen molar-refractivity contribution in [1.82, 2.24) is 0 Å². The second-order valence-electron chi connectivity index (χ2n) is 8.18. The van der Waals surface area contributed by atoms with Crippen LogP contribution in [-0.2, 0) is 10.2 Å². The summed E-state index contributed by atoms with van der Waals surface area (Å²) in [6, 6.07) is 17.3. The van der Waals surface area contributed by atoms with Crippen molar-refractivity contribution in [1.29, 1.82) is 0 Å². The topological polar surface area (TPSA) is 56.8 Å². The molecule has 2 aliphatic rings. The number of ether oxygens (including phenoxy) is 3. The first kappa shape index (κ1) is 21.2. The van der Waals surface area contributed by atoms with Gasteiger partial charge in [0.05, 0.1) is 11.1 Å². The first-order chi connectivity index (χ1) is 15.7. The summed E-state index contributed by atoms with van der Waals surface area (Å²) in [7, 11) is 0. The van der Waals surface area contributed by atoms with E-state index in [1.165, 1.54) is 12.1 Å². The molecule has 1 aliphatic carbocycles. The highest BCUT2D eigenvalue weighted by atomic mass is 19.4. The number of halogens is 3. The van der Waals surface area contributed by atoms with E-state index in [0.717, 1.165) is 11.1 Å². The molecule has 0 unspecified atom stereocenters. The van der Waals surface area contributed by atoms with E-state index in [-0.39, 0.29) is 12.5 Å². The fourth-order valence-electron chi connectivity index (χ4n) is 4.12. The Kier molecular flexibility index (Phi) is 4.96. The molecule has 8 heteroatoms. The van der Waals surface area contributed by atoms with Crippen molar-refractivity contribution < 1.29 is 32.2 Å². The molecule has 0 saturated heterocycles. The zero-order valence-corrected chi connectivity index (χ0v) is 17.7. The number of carbonyl (C=O) groups excluding carboxylic acids is 1. The minimum atomic E-state index is -4.89. The molecule has 1 heterocycles. The molecule has 1 N–H and O–H groups in total. The SMILES string of the molecule is Cc1cc(OC(F)(F)F)c(NC(=O)C2(c3ccc4c(c3)OCO4)CC2)cc1-c1ccccc1. The number of amides is 1. The summed E-state index contributed by atoms with van der Waals surface area (Å²) in [5, 5.41) is 2.70. The largest absolute Gasteiger partial charge is 0.573 e. The van der Waals surface area contributed by atoms with Gasteiger partial charge in [-0.25, -0.2) is 0 Å². The van der Waals surface area contributed by atoms with E-state index >= 15 is 0 Å². The molecule has 1 saturated carbocycles. The first-order valence-corrected chi connectivity index (χ1v) is 10.4. The average molecular weight is 455 g/mol. The highest BCUT2D eigenvalue weighted by Gasteiger charge is 2.52. The predicted octanol–water partition coefficient (Wildman–Crippen LogP) is 5.96. The summed E-state index contributed by atoms with van der Waals surface area (Å²) in [5.74, 6) is 0.307. The van der Waals surface area contributed by atoms with Crippen LogP contribution in [0, 0.1) is 6.92 Å². The van der Waals surface area contributed by atoms with Gasteiger partial charge in [-0.05, 0) is 66.3 Å². The molecule has 3 aromatic rings. The van der Waals surface area contributed by atoms with Gasteiger partial charge in [0.2, 0.25) is 12.7 Å². The Morgan fingerprint density at radius 3 is 2.42 bits per heavy atom. The lowest BCUT2D eigenvalue weighted by molar-refractivity contribution is -0.274. The summed E-state index contributed by atoms with van der Waals surface area (Å²) in [4.78, 5) is 13.3. The van der Waals surface area contributed by atoms with E-state index in [1.54, 1.807) is 25.1 Å². The Bertz CT molecular complexity index is 1220. The van der Waals surface area contributed by atoms with Gasteiger partial charge in [-0.1, -0.05) is 36.4 Å². The molecule has 0 aromatic heterocycles. The van der Waals surface area contributed by atoms with Crippen molar-refractivity contribution >= 4 is 11.6 Å². The Labute approximate surface area is 188 Å². The van der Waals surface area contributed by atoms with E-state index in [2.05, 4.69) is 10.1 Å². The number of hydrogen-bond donors (Lipinski definition) is 1. The number of fused-ring (bicyclic) bond motifs is 1. The molecule has 1 amide bonds. The maximum atomic E-state index is 13.3. The van der Waals surface area contributed by atoms with Gasteiger partial charge in [0.15, 0.2) is 17.2 Å². The van der Waals surface area contributed by atoms with Crippen LogP contribution in [0.5, 0.6) is 17.2 Å². The van der Waals surface area contributed by atoms with Gasteiger partial charge >= 0.3 is 6.36 Å². The maximum absolute atomic E-state index is 13.3. The molecule has 0 radical (unpaired) electrons. The molecule has 5 rings (SSSR count). The van der Waals surface area contributed by atoms with Crippen molar-refractivity contribution in [2.24, 2.45) is 0 Å². The minimum absolute atomic E-state index is 0.0335. The second kappa shape index (κ2) is 7.72. The molecule has 5 nitrogen and oxygen atoms in total. The van der Waals surface area contributed by atoms with Gasteiger partial charge in [-0.3, -0.25) is 4.79 Å². The van der Waals surface area contributed by atoms with Crippen LogP contribution in [0.4, 0.5) is 18.9 Å². The number of benzene rings is 3. The fraction of sp³-hybridized carbons (Fsp3) is 0.240. The van der Waals surface area contributed by atoms with Gasteiger partial charge in [0.25, 0.3) is 0 Å². The Morgan fingerprint density at radius 1 is 1.00 bits per heavy atom. The van der Waals surface area contributed by atoms with Crippen LogP contribution in [0.25, 0.3) is 11.1 Å². The second-order valence-corrected chi connectivity index (χ2v) is 8.18. The van der Waals surface area contributed by atoms with E-state index in [4.69, 9.17) is 9.47 Å². The third kappa shape index (κ3) is 4.08. The van der Waals surface area contributed by atoms with Crippen molar-refractivity contribution in [3.8, 4) is 28.4 Å². The normalized spacial score (nSPS) is 15.8. The number of anilines is 1. The summed E-state index contributed by atoms with van der Waals surface area (Å²) >= 11 is 0. The zero-order valence-electron chi connectivity index (χ0n) is 17.7. The van der Waals surface area contributed by atoms with Crippen LogP contribution in [0.15, 0.2) is 60.7 Å². The highest BCUT2D eigenvalue weighted by Crippen LogP contribution is 2.51. The zero-order chi connectivity index (χ0) is 23.2.